The summed E-state index contributed by atoms with van der Waals surface area (Å²) in [5.74, 6) is 0.790. The maximum Gasteiger partial charge on any atom is 0.254 e. The molecule has 166 valence electrons. The Bertz CT molecular complexity index is 1120. The highest BCUT2D eigenvalue weighted by Crippen LogP contribution is 2.33. The molecule has 0 saturated heterocycles. The summed E-state index contributed by atoms with van der Waals surface area (Å²) in [5.41, 5.74) is 1.37. The summed E-state index contributed by atoms with van der Waals surface area (Å²) < 4.78 is 10.7. The van der Waals surface area contributed by atoms with E-state index >= 15 is 0 Å². The van der Waals surface area contributed by atoms with Crippen molar-refractivity contribution >= 4 is 39.9 Å². The molecule has 0 unspecified atom stereocenters. The Morgan fingerprint density at radius 2 is 1.88 bits per heavy atom. The number of fused-ring (bicyclic) bond motifs is 1. The molecule has 8 nitrogen and oxygen atoms in total. The van der Waals surface area contributed by atoms with Crippen LogP contribution in [-0.4, -0.2) is 46.8 Å². The normalized spacial score (nSPS) is 11.9. The minimum Gasteiger partial charge on any atom is -0.454 e. The summed E-state index contributed by atoms with van der Waals surface area (Å²) in [6, 6.07) is 12.3. The summed E-state index contributed by atoms with van der Waals surface area (Å²) in [4.78, 5) is 27.1. The van der Waals surface area contributed by atoms with Crippen molar-refractivity contribution in [3.05, 3.63) is 53.1 Å². The van der Waals surface area contributed by atoms with Crippen molar-refractivity contribution in [2.45, 2.75) is 19.8 Å². The molecular weight excluding hydrogens is 452 g/mol. The van der Waals surface area contributed by atoms with E-state index < -0.39 is 0 Å². The fraction of sp³-hybridized carbons (Fsp3) is 0.273. The zero-order valence-corrected chi connectivity index (χ0v) is 18.9. The van der Waals surface area contributed by atoms with Crippen molar-refractivity contribution < 1.29 is 19.1 Å². The molecule has 0 aliphatic carbocycles. The van der Waals surface area contributed by atoms with Gasteiger partial charge < -0.3 is 19.7 Å². The van der Waals surface area contributed by atoms with Crippen LogP contribution in [0.5, 0.6) is 11.5 Å². The van der Waals surface area contributed by atoms with Crippen molar-refractivity contribution in [3.63, 3.8) is 0 Å². The summed E-state index contributed by atoms with van der Waals surface area (Å²) >= 11 is 7.19. The van der Waals surface area contributed by atoms with E-state index in [2.05, 4.69) is 15.5 Å². The van der Waals surface area contributed by atoms with Crippen molar-refractivity contribution in [1.82, 2.24) is 15.1 Å². The van der Waals surface area contributed by atoms with Crippen molar-refractivity contribution in [2.24, 2.45) is 0 Å². The zero-order chi connectivity index (χ0) is 22.5. The third kappa shape index (κ3) is 5.17. The number of halogens is 1. The van der Waals surface area contributed by atoms with Gasteiger partial charge in [-0.15, -0.1) is 10.2 Å². The molecule has 1 aliphatic rings. The molecule has 10 heteroatoms. The summed E-state index contributed by atoms with van der Waals surface area (Å²) in [5, 5.41) is 12.6. The minimum atomic E-state index is -0.233. The predicted octanol–water partition coefficient (Wildman–Crippen LogP) is 4.47. The van der Waals surface area contributed by atoms with Crippen LogP contribution in [0, 0.1) is 0 Å². The quantitative estimate of drug-likeness (QED) is 0.520. The Labute approximate surface area is 194 Å². The van der Waals surface area contributed by atoms with E-state index in [1.54, 1.807) is 35.2 Å². The Kier molecular flexibility index (Phi) is 6.87. The second-order valence-corrected chi connectivity index (χ2v) is 8.49. The van der Waals surface area contributed by atoms with Crippen LogP contribution in [0.15, 0.2) is 42.5 Å². The van der Waals surface area contributed by atoms with Gasteiger partial charge >= 0.3 is 0 Å². The minimum absolute atomic E-state index is 0.145. The van der Waals surface area contributed by atoms with E-state index in [9.17, 15) is 9.59 Å². The molecular formula is C22H21ClN4O4S. The highest BCUT2D eigenvalue weighted by molar-refractivity contribution is 7.18. The average molecular weight is 473 g/mol. The number of rotatable bonds is 8. The molecule has 1 aliphatic heterocycles. The number of anilines is 1. The molecule has 32 heavy (non-hydrogen) atoms. The number of amides is 2. The first-order chi connectivity index (χ1) is 15.5. The highest BCUT2D eigenvalue weighted by atomic mass is 35.5. The molecule has 0 atom stereocenters. The Hall–Kier alpha value is -3.17. The Morgan fingerprint density at radius 3 is 2.66 bits per heavy atom. The molecule has 1 N–H and O–H groups in total. The van der Waals surface area contributed by atoms with Gasteiger partial charge in [0.05, 0.1) is 0 Å². The van der Waals surface area contributed by atoms with Crippen LogP contribution < -0.4 is 14.8 Å². The number of benzene rings is 2. The van der Waals surface area contributed by atoms with Gasteiger partial charge in [-0.1, -0.05) is 42.0 Å². The van der Waals surface area contributed by atoms with Crippen molar-refractivity contribution in [1.29, 1.82) is 0 Å². The number of aromatic nitrogens is 2. The van der Waals surface area contributed by atoms with Crippen molar-refractivity contribution in [2.75, 3.05) is 25.2 Å². The second-order valence-electron chi connectivity index (χ2n) is 7.08. The van der Waals surface area contributed by atoms with Gasteiger partial charge in [0, 0.05) is 35.7 Å². The third-order valence-corrected chi connectivity index (χ3v) is 5.91. The van der Waals surface area contributed by atoms with E-state index in [4.69, 9.17) is 21.1 Å². The SMILES string of the molecule is CCCN(CCC(=O)Nc1nnc(-c2ccc(Cl)cc2)s1)C(=O)c1ccc2c(c1)OCO2. The molecule has 2 aromatic carbocycles. The second kappa shape index (κ2) is 9.97. The number of ether oxygens (including phenoxy) is 2. The molecule has 0 bridgehead atoms. The molecule has 1 aromatic heterocycles. The number of hydrogen-bond donors (Lipinski definition) is 1. The van der Waals surface area contributed by atoms with Crippen LogP contribution in [-0.2, 0) is 4.79 Å². The van der Waals surface area contributed by atoms with Crippen LogP contribution in [0.3, 0.4) is 0 Å². The number of nitrogens with one attached hydrogen (secondary N) is 1. The predicted molar refractivity (Wildman–Crippen MR) is 122 cm³/mol. The molecule has 0 saturated carbocycles. The van der Waals surface area contributed by atoms with E-state index in [-0.39, 0.29) is 31.6 Å². The smallest absolute Gasteiger partial charge is 0.254 e. The van der Waals surface area contributed by atoms with Gasteiger partial charge in [0.1, 0.15) is 5.01 Å². The summed E-state index contributed by atoms with van der Waals surface area (Å²) in [6.07, 6.45) is 0.922. The molecule has 0 fully saturated rings. The van der Waals surface area contributed by atoms with Crippen LogP contribution in [0.1, 0.15) is 30.1 Å². The highest BCUT2D eigenvalue weighted by Gasteiger charge is 2.21. The van der Waals surface area contributed by atoms with Crippen LogP contribution in [0.2, 0.25) is 5.02 Å². The lowest BCUT2D eigenvalue weighted by Crippen LogP contribution is -2.34. The summed E-state index contributed by atoms with van der Waals surface area (Å²) in [6.45, 7) is 2.96. The first-order valence-corrected chi connectivity index (χ1v) is 11.3. The van der Waals surface area contributed by atoms with E-state index in [0.29, 0.717) is 38.8 Å². The van der Waals surface area contributed by atoms with Gasteiger partial charge in [0.15, 0.2) is 11.5 Å². The maximum absolute atomic E-state index is 13.0. The fourth-order valence-corrected chi connectivity index (χ4v) is 4.09. The lowest BCUT2D eigenvalue weighted by atomic mass is 10.1. The molecule has 2 amide bonds. The number of hydrogen-bond acceptors (Lipinski definition) is 7. The Balaban J connectivity index is 1.35. The zero-order valence-electron chi connectivity index (χ0n) is 17.3. The topological polar surface area (TPSA) is 93.7 Å². The summed E-state index contributed by atoms with van der Waals surface area (Å²) in [7, 11) is 0. The fourth-order valence-electron chi connectivity index (χ4n) is 3.20. The first kappa shape index (κ1) is 22.0. The monoisotopic (exact) mass is 472 g/mol. The molecule has 0 radical (unpaired) electrons. The number of nitrogens with zero attached hydrogens (tertiary/aromatic N) is 3. The van der Waals surface area contributed by atoms with E-state index in [1.807, 2.05) is 19.1 Å². The first-order valence-electron chi connectivity index (χ1n) is 10.1. The Morgan fingerprint density at radius 1 is 1.09 bits per heavy atom. The van der Waals surface area contributed by atoms with Crippen molar-refractivity contribution in [3.8, 4) is 22.1 Å². The van der Waals surface area contributed by atoms with E-state index in [1.165, 1.54) is 11.3 Å². The molecule has 4 rings (SSSR count). The lowest BCUT2D eigenvalue weighted by molar-refractivity contribution is -0.116. The number of carbonyl (C=O) groups is 2. The third-order valence-electron chi connectivity index (χ3n) is 4.77. The average Bonchev–Trinajstić information content (AvgIpc) is 3.45. The van der Waals surface area contributed by atoms with Crippen LogP contribution in [0.25, 0.3) is 10.6 Å². The van der Waals surface area contributed by atoms with Crippen LogP contribution in [0.4, 0.5) is 5.13 Å². The van der Waals surface area contributed by atoms with Gasteiger partial charge in [-0.3, -0.25) is 9.59 Å². The maximum atomic E-state index is 13.0. The standard InChI is InChI=1S/C22H21ClN4O4S/c1-2-10-27(21(29)15-5-8-17-18(12-15)31-13-30-17)11-9-19(28)24-22-26-25-20(32-22)14-3-6-16(23)7-4-14/h3-8,12H,2,9-11,13H2,1H3,(H,24,26,28). The van der Waals surface area contributed by atoms with Gasteiger partial charge in [-0.2, -0.15) is 0 Å². The van der Waals surface area contributed by atoms with Gasteiger partial charge in [-0.25, -0.2) is 0 Å². The van der Waals surface area contributed by atoms with E-state index in [0.717, 1.165) is 12.0 Å². The molecule has 3 aromatic rings. The van der Waals surface area contributed by atoms with Gasteiger partial charge in [0.25, 0.3) is 5.91 Å². The van der Waals surface area contributed by atoms with Crippen LogP contribution >= 0.6 is 22.9 Å². The molecule has 0 spiro atoms. The number of carbonyl (C=O) groups excluding carboxylic acids is 2. The molecule has 2 heterocycles. The largest absolute Gasteiger partial charge is 0.454 e. The van der Waals surface area contributed by atoms with Gasteiger partial charge in [-0.05, 0) is 36.8 Å². The lowest BCUT2D eigenvalue weighted by Gasteiger charge is -2.22. The van der Waals surface area contributed by atoms with Gasteiger partial charge in [0.2, 0.25) is 17.8 Å².